The number of pyridine rings is 2. The lowest BCUT2D eigenvalue weighted by Crippen LogP contribution is -2.36. The van der Waals surface area contributed by atoms with Crippen molar-refractivity contribution in [2.24, 2.45) is 5.92 Å². The molecule has 0 aliphatic heterocycles. The number of nitrogens with zero attached hydrogens (tertiary/aromatic N) is 3. The summed E-state index contributed by atoms with van der Waals surface area (Å²) in [6.07, 6.45) is 4.80. The number of hydrogen-bond acceptors (Lipinski definition) is 3. The standard InChI is InChI=1S/C20H17F2N3S/c1-12-10-25-11-15(3-5-18(25)23-12)17-4-2-14-7-16(26-19(14)24-17)6-13-8-20(21,22)9-13/h2-5,7,10-11,13H,6,8-9H2,1H3. The van der Waals surface area contributed by atoms with Crippen molar-refractivity contribution in [3.8, 4) is 11.3 Å². The smallest absolute Gasteiger partial charge is 0.248 e. The van der Waals surface area contributed by atoms with Gasteiger partial charge in [-0.15, -0.1) is 11.3 Å². The van der Waals surface area contributed by atoms with Gasteiger partial charge in [-0.1, -0.05) is 0 Å². The van der Waals surface area contributed by atoms with E-state index in [0.29, 0.717) is 0 Å². The minimum atomic E-state index is -2.45. The molecule has 26 heavy (non-hydrogen) atoms. The molecule has 6 heteroatoms. The van der Waals surface area contributed by atoms with Gasteiger partial charge in [0.15, 0.2) is 0 Å². The third-order valence-corrected chi connectivity index (χ3v) is 6.03. The number of thiophene rings is 1. The fraction of sp³-hybridized carbons (Fsp3) is 0.300. The van der Waals surface area contributed by atoms with Gasteiger partial charge in [0, 0.05) is 41.1 Å². The molecule has 0 N–H and O–H groups in total. The molecule has 4 aromatic rings. The monoisotopic (exact) mass is 369 g/mol. The molecule has 0 spiro atoms. The van der Waals surface area contributed by atoms with Crippen LogP contribution in [0.15, 0.2) is 42.7 Å². The number of aryl methyl sites for hydroxylation is 1. The summed E-state index contributed by atoms with van der Waals surface area (Å²) in [5.41, 5.74) is 3.85. The molecule has 1 aliphatic carbocycles. The second kappa shape index (κ2) is 5.58. The first-order valence-electron chi connectivity index (χ1n) is 8.68. The third kappa shape index (κ3) is 2.78. The second-order valence-electron chi connectivity index (χ2n) is 7.20. The molecule has 1 aliphatic rings. The summed E-state index contributed by atoms with van der Waals surface area (Å²) in [6.45, 7) is 1.97. The van der Waals surface area contributed by atoms with Crippen LogP contribution in [-0.2, 0) is 6.42 Å². The van der Waals surface area contributed by atoms with Crippen LogP contribution in [0.25, 0.3) is 27.1 Å². The number of halogens is 2. The van der Waals surface area contributed by atoms with Gasteiger partial charge in [0.2, 0.25) is 5.92 Å². The fourth-order valence-electron chi connectivity index (χ4n) is 3.72. The number of imidazole rings is 1. The van der Waals surface area contributed by atoms with Crippen molar-refractivity contribution in [2.75, 3.05) is 0 Å². The van der Waals surface area contributed by atoms with Gasteiger partial charge in [-0.3, -0.25) is 0 Å². The molecule has 0 radical (unpaired) electrons. The number of alkyl halides is 2. The van der Waals surface area contributed by atoms with Crippen molar-refractivity contribution in [1.82, 2.24) is 14.4 Å². The van der Waals surface area contributed by atoms with Gasteiger partial charge in [-0.05, 0) is 49.6 Å². The van der Waals surface area contributed by atoms with Gasteiger partial charge < -0.3 is 4.40 Å². The van der Waals surface area contributed by atoms with Crippen LogP contribution in [0.3, 0.4) is 0 Å². The molecule has 0 saturated heterocycles. The van der Waals surface area contributed by atoms with E-state index in [2.05, 4.69) is 17.1 Å². The maximum Gasteiger partial charge on any atom is 0.248 e. The molecule has 3 nitrogen and oxygen atoms in total. The Morgan fingerprint density at radius 3 is 2.81 bits per heavy atom. The minimum absolute atomic E-state index is 0.0181. The molecule has 4 heterocycles. The predicted octanol–water partition coefficient (Wildman–Crippen LogP) is 5.51. The fourth-order valence-corrected chi connectivity index (χ4v) is 4.86. The first-order valence-corrected chi connectivity index (χ1v) is 9.50. The molecule has 4 aromatic heterocycles. The number of aromatic nitrogens is 3. The Hall–Kier alpha value is -2.34. The van der Waals surface area contributed by atoms with Crippen LogP contribution in [0.1, 0.15) is 23.4 Å². The van der Waals surface area contributed by atoms with Gasteiger partial charge in [0.25, 0.3) is 0 Å². The maximum absolute atomic E-state index is 13.0. The summed E-state index contributed by atoms with van der Waals surface area (Å²) in [5.74, 6) is -2.35. The molecule has 0 unspecified atom stereocenters. The SMILES string of the molecule is Cc1cn2cc(-c3ccc4cc(CC5CC(F)(F)C5)sc4n3)ccc2n1. The van der Waals surface area contributed by atoms with Crippen molar-refractivity contribution in [1.29, 1.82) is 0 Å². The zero-order chi connectivity index (χ0) is 17.9. The highest BCUT2D eigenvalue weighted by atomic mass is 32.1. The highest BCUT2D eigenvalue weighted by Gasteiger charge is 2.45. The van der Waals surface area contributed by atoms with Crippen LogP contribution >= 0.6 is 11.3 Å². The number of hydrogen-bond donors (Lipinski definition) is 0. The van der Waals surface area contributed by atoms with E-state index in [9.17, 15) is 8.78 Å². The van der Waals surface area contributed by atoms with Crippen molar-refractivity contribution in [3.63, 3.8) is 0 Å². The summed E-state index contributed by atoms with van der Waals surface area (Å²) < 4.78 is 28.1. The first kappa shape index (κ1) is 15.9. The molecule has 0 bridgehead atoms. The molecule has 1 saturated carbocycles. The topological polar surface area (TPSA) is 30.2 Å². The van der Waals surface area contributed by atoms with E-state index in [-0.39, 0.29) is 18.8 Å². The van der Waals surface area contributed by atoms with Gasteiger partial charge in [-0.2, -0.15) is 0 Å². The van der Waals surface area contributed by atoms with E-state index >= 15 is 0 Å². The second-order valence-corrected chi connectivity index (χ2v) is 8.32. The Kier molecular flexibility index (Phi) is 3.41. The predicted molar refractivity (Wildman–Crippen MR) is 99.9 cm³/mol. The summed E-state index contributed by atoms with van der Waals surface area (Å²) >= 11 is 1.62. The molecular formula is C20H17F2N3S. The van der Waals surface area contributed by atoms with Crippen molar-refractivity contribution < 1.29 is 8.78 Å². The molecule has 0 amide bonds. The zero-order valence-corrected chi connectivity index (χ0v) is 15.1. The lowest BCUT2D eigenvalue weighted by molar-refractivity contribution is -0.109. The summed E-state index contributed by atoms with van der Waals surface area (Å²) in [6, 6.07) is 10.2. The molecular weight excluding hydrogens is 352 g/mol. The van der Waals surface area contributed by atoms with Gasteiger partial charge in [0.1, 0.15) is 10.5 Å². The van der Waals surface area contributed by atoms with Crippen LogP contribution < -0.4 is 0 Å². The zero-order valence-electron chi connectivity index (χ0n) is 14.2. The van der Waals surface area contributed by atoms with E-state index in [1.54, 1.807) is 11.3 Å². The Balaban J connectivity index is 1.45. The van der Waals surface area contributed by atoms with E-state index < -0.39 is 5.92 Å². The Labute approximate surface area is 153 Å². The first-order chi connectivity index (χ1) is 12.4. The molecule has 0 aromatic carbocycles. The minimum Gasteiger partial charge on any atom is -0.306 e. The molecule has 0 atom stereocenters. The number of fused-ring (bicyclic) bond motifs is 2. The van der Waals surface area contributed by atoms with E-state index in [1.165, 1.54) is 0 Å². The summed E-state index contributed by atoms with van der Waals surface area (Å²) in [7, 11) is 0. The van der Waals surface area contributed by atoms with Crippen LogP contribution in [0.2, 0.25) is 0 Å². The largest absolute Gasteiger partial charge is 0.306 e. The van der Waals surface area contributed by atoms with Crippen molar-refractivity contribution in [3.05, 3.63) is 53.3 Å². The Morgan fingerprint density at radius 2 is 2.00 bits per heavy atom. The van der Waals surface area contributed by atoms with Crippen LogP contribution in [0.5, 0.6) is 0 Å². The van der Waals surface area contributed by atoms with Crippen molar-refractivity contribution in [2.45, 2.75) is 32.1 Å². The van der Waals surface area contributed by atoms with Crippen molar-refractivity contribution >= 4 is 27.2 Å². The van der Waals surface area contributed by atoms with Gasteiger partial charge >= 0.3 is 0 Å². The summed E-state index contributed by atoms with van der Waals surface area (Å²) in [4.78, 5) is 11.3. The highest BCUT2D eigenvalue weighted by molar-refractivity contribution is 7.18. The van der Waals surface area contributed by atoms with Crippen LogP contribution in [-0.4, -0.2) is 20.3 Å². The molecule has 1 fully saturated rings. The lowest BCUT2D eigenvalue weighted by Gasteiger charge is -2.34. The average molecular weight is 369 g/mol. The molecule has 5 rings (SSSR count). The van der Waals surface area contributed by atoms with E-state index in [4.69, 9.17) is 4.98 Å². The third-order valence-electron chi connectivity index (χ3n) is 4.97. The van der Waals surface area contributed by atoms with E-state index in [0.717, 1.165) is 44.1 Å². The van der Waals surface area contributed by atoms with Gasteiger partial charge in [0.05, 0.1) is 11.4 Å². The maximum atomic E-state index is 13.0. The van der Waals surface area contributed by atoms with Gasteiger partial charge in [-0.25, -0.2) is 18.7 Å². The highest BCUT2D eigenvalue weighted by Crippen LogP contribution is 2.44. The van der Waals surface area contributed by atoms with Crippen LogP contribution in [0, 0.1) is 12.8 Å². The average Bonchev–Trinajstić information content (AvgIpc) is 3.12. The molecule has 132 valence electrons. The normalized spacial score (nSPS) is 17.0. The summed E-state index contributed by atoms with van der Waals surface area (Å²) in [5, 5.41) is 1.08. The van der Waals surface area contributed by atoms with E-state index in [1.807, 2.05) is 41.9 Å². The lowest BCUT2D eigenvalue weighted by atomic mass is 9.79. The Morgan fingerprint density at radius 1 is 1.15 bits per heavy atom. The quantitative estimate of drug-likeness (QED) is 0.477. The van der Waals surface area contributed by atoms with Crippen LogP contribution in [0.4, 0.5) is 8.78 Å². The Bertz CT molecular complexity index is 1120. The number of rotatable bonds is 3.